The first-order valence-electron chi connectivity index (χ1n) is 6.08. The average Bonchev–Trinajstić information content (AvgIpc) is 2.40. The van der Waals surface area contributed by atoms with Crippen LogP contribution >= 0.6 is 0 Å². The van der Waals surface area contributed by atoms with Gasteiger partial charge in [-0.15, -0.1) is 0 Å². The molecule has 19 heavy (non-hydrogen) atoms. The summed E-state index contributed by atoms with van der Waals surface area (Å²) in [5.74, 6) is 0.887. The zero-order valence-corrected chi connectivity index (χ0v) is 14.0. The first-order valence-corrected chi connectivity index (χ1v) is 10.6. The van der Waals surface area contributed by atoms with Crippen LogP contribution in [0, 0.1) is 0 Å². The van der Waals surface area contributed by atoms with Gasteiger partial charge in [-0.05, 0) is 25.2 Å². The Kier molecular flexibility index (Phi) is 4.14. The molecule has 0 unspecified atom stereocenters. The monoisotopic (exact) mass is 300 g/mol. The number of hydrogen-bond donors (Lipinski definition) is 0. The van der Waals surface area contributed by atoms with Crippen LogP contribution in [0.4, 0.5) is 0 Å². The lowest BCUT2D eigenvalue weighted by Gasteiger charge is -2.32. The SMILES string of the molecule is CO[Si](OC)(OC)c1ccc2c(c1)CO[Si](C)(C)O2. The molecule has 106 valence electrons. The maximum atomic E-state index is 5.90. The summed E-state index contributed by atoms with van der Waals surface area (Å²) in [5, 5.41) is 0.910. The molecule has 0 spiro atoms. The van der Waals surface area contributed by atoms with E-state index >= 15 is 0 Å². The Bertz CT molecular complexity index is 451. The van der Waals surface area contributed by atoms with Gasteiger partial charge in [-0.25, -0.2) is 0 Å². The highest BCUT2D eigenvalue weighted by Gasteiger charge is 2.42. The van der Waals surface area contributed by atoms with Gasteiger partial charge in [-0.2, -0.15) is 0 Å². The molecule has 0 aromatic heterocycles. The predicted molar refractivity (Wildman–Crippen MR) is 75.8 cm³/mol. The van der Waals surface area contributed by atoms with Crippen LogP contribution in [-0.4, -0.2) is 38.7 Å². The third-order valence-electron chi connectivity index (χ3n) is 3.15. The second-order valence-corrected chi connectivity index (χ2v) is 11.0. The smallest absolute Gasteiger partial charge is 0.520 e. The van der Waals surface area contributed by atoms with Crippen molar-refractivity contribution >= 4 is 22.6 Å². The minimum atomic E-state index is -2.79. The molecule has 1 aromatic rings. The molecule has 1 aliphatic rings. The lowest BCUT2D eigenvalue weighted by molar-refractivity contribution is 0.140. The molecule has 0 saturated heterocycles. The molecular weight excluding hydrogens is 280 g/mol. The Balaban J connectivity index is 2.37. The van der Waals surface area contributed by atoms with Crippen LogP contribution < -0.4 is 9.61 Å². The van der Waals surface area contributed by atoms with Crippen LogP contribution in [0.2, 0.25) is 13.1 Å². The fourth-order valence-corrected chi connectivity index (χ4v) is 5.27. The molecule has 0 amide bonds. The topological polar surface area (TPSA) is 46.2 Å². The fraction of sp³-hybridized carbons (Fsp3) is 0.500. The van der Waals surface area contributed by atoms with E-state index in [0.29, 0.717) is 6.61 Å². The summed E-state index contributed by atoms with van der Waals surface area (Å²) in [6.07, 6.45) is 0. The zero-order valence-electron chi connectivity index (χ0n) is 12.0. The predicted octanol–water partition coefficient (Wildman–Crippen LogP) is 1.38. The largest absolute Gasteiger partial charge is 0.536 e. The number of fused-ring (bicyclic) bond motifs is 1. The first-order chi connectivity index (χ1) is 8.96. The summed E-state index contributed by atoms with van der Waals surface area (Å²) in [6, 6.07) is 5.87. The van der Waals surface area contributed by atoms with Gasteiger partial charge in [0.1, 0.15) is 5.75 Å². The number of hydrogen-bond acceptors (Lipinski definition) is 5. The molecule has 0 aliphatic carbocycles. The number of benzene rings is 1. The van der Waals surface area contributed by atoms with Crippen LogP contribution in [0.15, 0.2) is 18.2 Å². The van der Waals surface area contributed by atoms with Gasteiger partial charge in [0.05, 0.1) is 6.61 Å². The Morgan fingerprint density at radius 1 is 1.11 bits per heavy atom. The van der Waals surface area contributed by atoms with Gasteiger partial charge in [-0.1, -0.05) is 6.07 Å². The highest BCUT2D eigenvalue weighted by molar-refractivity contribution is 6.75. The highest BCUT2D eigenvalue weighted by Crippen LogP contribution is 2.28. The molecule has 0 radical (unpaired) electrons. The van der Waals surface area contributed by atoms with E-state index in [4.69, 9.17) is 22.1 Å². The Morgan fingerprint density at radius 2 is 1.74 bits per heavy atom. The molecule has 2 rings (SSSR count). The molecule has 0 N–H and O–H groups in total. The summed E-state index contributed by atoms with van der Waals surface area (Å²) in [6.45, 7) is 4.62. The number of rotatable bonds is 4. The molecule has 7 heteroatoms. The molecule has 1 aromatic carbocycles. The van der Waals surface area contributed by atoms with Crippen molar-refractivity contribution in [1.29, 1.82) is 0 Å². The van der Waals surface area contributed by atoms with Gasteiger partial charge in [-0.3, -0.25) is 0 Å². The summed E-state index contributed by atoms with van der Waals surface area (Å²) in [7, 11) is -0.00383. The molecule has 0 fully saturated rings. The second-order valence-electron chi connectivity index (χ2n) is 4.78. The van der Waals surface area contributed by atoms with E-state index in [1.54, 1.807) is 21.3 Å². The normalized spacial score (nSPS) is 17.7. The van der Waals surface area contributed by atoms with E-state index in [2.05, 4.69) is 0 Å². The third-order valence-corrected chi connectivity index (χ3v) is 7.33. The van der Waals surface area contributed by atoms with E-state index < -0.39 is 17.4 Å². The van der Waals surface area contributed by atoms with Gasteiger partial charge in [0.15, 0.2) is 0 Å². The van der Waals surface area contributed by atoms with E-state index in [1.807, 2.05) is 31.3 Å². The van der Waals surface area contributed by atoms with E-state index in [-0.39, 0.29) is 0 Å². The maximum absolute atomic E-state index is 5.90. The van der Waals surface area contributed by atoms with Crippen LogP contribution in [0.1, 0.15) is 5.56 Å². The van der Waals surface area contributed by atoms with Crippen LogP contribution in [0.3, 0.4) is 0 Å². The minimum Gasteiger partial charge on any atom is -0.520 e. The standard InChI is InChI=1S/C12H20O5Si2/c1-13-19(14-2,15-3)11-6-7-12-10(8-11)9-16-18(4,5)17-12/h6-8H,9H2,1-5H3. The highest BCUT2D eigenvalue weighted by atomic mass is 28.4. The summed E-state index contributed by atoms with van der Waals surface area (Å²) < 4.78 is 28.1. The average molecular weight is 300 g/mol. The molecule has 1 aliphatic heterocycles. The molecule has 0 saturated carbocycles. The van der Waals surface area contributed by atoms with E-state index in [0.717, 1.165) is 16.5 Å². The van der Waals surface area contributed by atoms with E-state index in [1.165, 1.54) is 0 Å². The molecule has 0 bridgehead atoms. The Morgan fingerprint density at radius 3 is 2.32 bits per heavy atom. The minimum absolute atomic E-state index is 0.560. The summed E-state index contributed by atoms with van der Waals surface area (Å²) >= 11 is 0. The van der Waals surface area contributed by atoms with Crippen molar-refractivity contribution in [2.24, 2.45) is 0 Å². The van der Waals surface area contributed by atoms with Gasteiger partial charge >= 0.3 is 17.4 Å². The van der Waals surface area contributed by atoms with Crippen molar-refractivity contribution in [3.05, 3.63) is 23.8 Å². The van der Waals surface area contributed by atoms with Crippen molar-refractivity contribution in [3.8, 4) is 5.75 Å². The second kappa shape index (κ2) is 5.35. The quantitative estimate of drug-likeness (QED) is 0.786. The summed E-state index contributed by atoms with van der Waals surface area (Å²) in [4.78, 5) is 0. The summed E-state index contributed by atoms with van der Waals surface area (Å²) in [5.41, 5.74) is 1.01. The fourth-order valence-electron chi connectivity index (χ4n) is 2.13. The zero-order chi connectivity index (χ0) is 14.1. The lowest BCUT2D eigenvalue weighted by atomic mass is 10.2. The first kappa shape index (κ1) is 14.7. The van der Waals surface area contributed by atoms with E-state index in [9.17, 15) is 0 Å². The van der Waals surface area contributed by atoms with Crippen molar-refractivity contribution in [2.45, 2.75) is 19.7 Å². The van der Waals surface area contributed by atoms with Crippen molar-refractivity contribution in [1.82, 2.24) is 0 Å². The molecule has 1 heterocycles. The van der Waals surface area contributed by atoms with Crippen molar-refractivity contribution in [2.75, 3.05) is 21.3 Å². The van der Waals surface area contributed by atoms with Crippen LogP contribution in [0.5, 0.6) is 5.75 Å². The maximum Gasteiger partial charge on any atom is 0.536 e. The Hall–Kier alpha value is -0.706. The lowest BCUT2D eigenvalue weighted by Crippen LogP contribution is -2.55. The van der Waals surface area contributed by atoms with Crippen LogP contribution in [0.25, 0.3) is 0 Å². The van der Waals surface area contributed by atoms with Gasteiger partial charge < -0.3 is 22.1 Å². The van der Waals surface area contributed by atoms with Gasteiger partial charge in [0.25, 0.3) is 0 Å². The molecule has 0 atom stereocenters. The van der Waals surface area contributed by atoms with Gasteiger partial charge in [0, 0.05) is 32.1 Å². The van der Waals surface area contributed by atoms with Crippen molar-refractivity contribution < 1.29 is 22.1 Å². The third kappa shape index (κ3) is 2.76. The molecule has 5 nitrogen and oxygen atoms in total. The van der Waals surface area contributed by atoms with Crippen molar-refractivity contribution in [3.63, 3.8) is 0 Å². The van der Waals surface area contributed by atoms with Gasteiger partial charge in [0.2, 0.25) is 0 Å². The Labute approximate surface area is 116 Å². The molecular formula is C12H20O5Si2. The van der Waals surface area contributed by atoms with Crippen LogP contribution in [-0.2, 0) is 24.3 Å².